The van der Waals surface area contributed by atoms with Gasteiger partial charge in [0.1, 0.15) is 5.82 Å². The summed E-state index contributed by atoms with van der Waals surface area (Å²) >= 11 is 0. The van der Waals surface area contributed by atoms with Crippen LogP contribution in [0, 0.1) is 6.92 Å². The zero-order valence-electron chi connectivity index (χ0n) is 12.9. The lowest BCUT2D eigenvalue weighted by molar-refractivity contribution is 0.0993. The fraction of sp³-hybridized carbons (Fsp3) is 0.294. The van der Waals surface area contributed by atoms with Crippen LogP contribution in [0.3, 0.4) is 0 Å². The predicted molar refractivity (Wildman–Crippen MR) is 86.7 cm³/mol. The molecule has 0 aliphatic heterocycles. The molecule has 0 fully saturated rings. The normalized spacial score (nSPS) is 10.7. The summed E-state index contributed by atoms with van der Waals surface area (Å²) in [7, 11) is 1.76. The highest BCUT2D eigenvalue weighted by Gasteiger charge is 2.16. The molecule has 0 radical (unpaired) electrons. The van der Waals surface area contributed by atoms with Crippen molar-refractivity contribution in [1.82, 2.24) is 4.98 Å². The number of aryl methyl sites for hydroxylation is 1. The maximum Gasteiger partial charge on any atom is 0.258 e. The molecule has 4 heteroatoms. The number of amides is 1. The van der Waals surface area contributed by atoms with Gasteiger partial charge in [-0.05, 0) is 37.1 Å². The molecule has 21 heavy (non-hydrogen) atoms. The first-order valence-electron chi connectivity index (χ1n) is 7.00. The third kappa shape index (κ3) is 3.40. The van der Waals surface area contributed by atoms with Crippen molar-refractivity contribution >= 4 is 17.4 Å². The van der Waals surface area contributed by atoms with Crippen LogP contribution in [0.25, 0.3) is 0 Å². The summed E-state index contributed by atoms with van der Waals surface area (Å²) in [6, 6.07) is 11.3. The molecule has 0 aliphatic rings. The Balaban J connectivity index is 2.33. The summed E-state index contributed by atoms with van der Waals surface area (Å²) in [4.78, 5) is 18.5. The van der Waals surface area contributed by atoms with Crippen LogP contribution in [0.4, 0.5) is 11.5 Å². The number of aromatic nitrogens is 1. The van der Waals surface area contributed by atoms with Gasteiger partial charge in [-0.3, -0.25) is 4.79 Å². The van der Waals surface area contributed by atoms with Crippen molar-refractivity contribution < 1.29 is 4.79 Å². The molecule has 4 nitrogen and oxygen atoms in total. The lowest BCUT2D eigenvalue weighted by Gasteiger charge is -2.18. The van der Waals surface area contributed by atoms with E-state index in [9.17, 15) is 4.79 Å². The van der Waals surface area contributed by atoms with Gasteiger partial charge in [-0.15, -0.1) is 0 Å². The van der Waals surface area contributed by atoms with Crippen molar-refractivity contribution in [1.29, 1.82) is 0 Å². The number of anilines is 2. The Kier molecular flexibility index (Phi) is 4.26. The number of hydrogen-bond donors (Lipinski definition) is 1. The van der Waals surface area contributed by atoms with Crippen molar-refractivity contribution in [2.24, 2.45) is 0 Å². The number of nitrogen functional groups attached to an aromatic ring is 1. The second-order valence-electron chi connectivity index (χ2n) is 5.56. The van der Waals surface area contributed by atoms with Crippen LogP contribution in [-0.2, 0) is 0 Å². The molecule has 2 aromatic rings. The van der Waals surface area contributed by atoms with Gasteiger partial charge in [0, 0.05) is 24.0 Å². The van der Waals surface area contributed by atoms with E-state index in [1.54, 1.807) is 18.0 Å². The van der Waals surface area contributed by atoms with Gasteiger partial charge in [-0.2, -0.15) is 0 Å². The Morgan fingerprint density at radius 2 is 1.81 bits per heavy atom. The SMILES string of the molecule is Cc1ccc(N(C)C(=O)c2cc(N)nc(C(C)C)c2)cc1. The lowest BCUT2D eigenvalue weighted by atomic mass is 10.1. The van der Waals surface area contributed by atoms with Crippen molar-refractivity contribution in [2.75, 3.05) is 17.7 Å². The third-order valence-electron chi connectivity index (χ3n) is 3.43. The van der Waals surface area contributed by atoms with Gasteiger partial charge in [0.25, 0.3) is 5.91 Å². The van der Waals surface area contributed by atoms with Crippen molar-refractivity contribution in [3.63, 3.8) is 0 Å². The fourth-order valence-electron chi connectivity index (χ4n) is 2.07. The van der Waals surface area contributed by atoms with E-state index < -0.39 is 0 Å². The standard InChI is InChI=1S/C17H21N3O/c1-11(2)15-9-13(10-16(18)19-15)17(21)20(4)14-7-5-12(3)6-8-14/h5-11H,1-4H3,(H2,18,19). The van der Waals surface area contributed by atoms with E-state index in [4.69, 9.17) is 5.73 Å². The molecule has 0 bridgehead atoms. The molecule has 0 aliphatic carbocycles. The first kappa shape index (κ1) is 15.0. The van der Waals surface area contributed by atoms with Crippen molar-refractivity contribution in [3.05, 3.63) is 53.2 Å². The molecule has 110 valence electrons. The largest absolute Gasteiger partial charge is 0.384 e. The monoisotopic (exact) mass is 283 g/mol. The van der Waals surface area contributed by atoms with E-state index >= 15 is 0 Å². The van der Waals surface area contributed by atoms with Gasteiger partial charge in [-0.1, -0.05) is 31.5 Å². The van der Waals surface area contributed by atoms with E-state index in [1.807, 2.05) is 51.1 Å². The van der Waals surface area contributed by atoms with E-state index in [2.05, 4.69) is 4.98 Å². The molecule has 0 saturated heterocycles. The maximum absolute atomic E-state index is 12.6. The molecule has 1 amide bonds. The summed E-state index contributed by atoms with van der Waals surface area (Å²) < 4.78 is 0. The van der Waals surface area contributed by atoms with Crippen LogP contribution in [-0.4, -0.2) is 17.9 Å². The Morgan fingerprint density at radius 3 is 2.38 bits per heavy atom. The fourth-order valence-corrected chi connectivity index (χ4v) is 2.07. The molecular formula is C17H21N3O. The molecule has 2 N–H and O–H groups in total. The summed E-state index contributed by atoms with van der Waals surface area (Å²) in [5, 5.41) is 0. The smallest absolute Gasteiger partial charge is 0.258 e. The minimum absolute atomic E-state index is 0.0881. The molecule has 0 atom stereocenters. The Hall–Kier alpha value is -2.36. The summed E-state index contributed by atoms with van der Waals surface area (Å²) in [6.45, 7) is 6.07. The number of rotatable bonds is 3. The first-order valence-corrected chi connectivity index (χ1v) is 7.00. The molecular weight excluding hydrogens is 262 g/mol. The van der Waals surface area contributed by atoms with E-state index in [-0.39, 0.29) is 11.8 Å². The predicted octanol–water partition coefficient (Wildman–Crippen LogP) is 3.37. The highest BCUT2D eigenvalue weighted by Crippen LogP contribution is 2.20. The lowest BCUT2D eigenvalue weighted by Crippen LogP contribution is -2.26. The summed E-state index contributed by atoms with van der Waals surface area (Å²) in [5.41, 5.74) is 9.22. The van der Waals surface area contributed by atoms with Gasteiger partial charge in [0.05, 0.1) is 0 Å². The van der Waals surface area contributed by atoms with Crippen LogP contribution in [0.5, 0.6) is 0 Å². The van der Waals surface area contributed by atoms with Gasteiger partial charge < -0.3 is 10.6 Å². The minimum Gasteiger partial charge on any atom is -0.384 e. The molecule has 0 spiro atoms. The van der Waals surface area contributed by atoms with E-state index in [0.29, 0.717) is 11.4 Å². The Bertz CT molecular complexity index is 648. The molecule has 1 aromatic carbocycles. The van der Waals surface area contributed by atoms with Gasteiger partial charge in [0.2, 0.25) is 0 Å². The number of hydrogen-bond acceptors (Lipinski definition) is 3. The van der Waals surface area contributed by atoms with Gasteiger partial charge in [-0.25, -0.2) is 4.98 Å². The van der Waals surface area contributed by atoms with Crippen molar-refractivity contribution in [2.45, 2.75) is 26.7 Å². The topological polar surface area (TPSA) is 59.2 Å². The van der Waals surface area contributed by atoms with Crippen LogP contribution >= 0.6 is 0 Å². The number of nitrogens with zero attached hydrogens (tertiary/aromatic N) is 2. The van der Waals surface area contributed by atoms with E-state index in [1.165, 1.54) is 0 Å². The molecule has 1 aromatic heterocycles. The molecule has 1 heterocycles. The van der Waals surface area contributed by atoms with Crippen LogP contribution in [0.15, 0.2) is 36.4 Å². The van der Waals surface area contributed by atoms with Crippen LogP contribution in [0.1, 0.15) is 41.4 Å². The number of nitrogens with two attached hydrogens (primary N) is 1. The highest BCUT2D eigenvalue weighted by atomic mass is 16.2. The van der Waals surface area contributed by atoms with Crippen molar-refractivity contribution in [3.8, 4) is 0 Å². The Morgan fingerprint density at radius 1 is 1.19 bits per heavy atom. The highest BCUT2D eigenvalue weighted by molar-refractivity contribution is 6.06. The quantitative estimate of drug-likeness (QED) is 0.939. The number of benzene rings is 1. The zero-order valence-corrected chi connectivity index (χ0v) is 12.9. The number of pyridine rings is 1. The molecule has 2 rings (SSSR count). The number of carbonyl (C=O) groups excluding carboxylic acids is 1. The number of carbonyl (C=O) groups is 1. The maximum atomic E-state index is 12.6. The second-order valence-corrected chi connectivity index (χ2v) is 5.56. The average Bonchev–Trinajstić information content (AvgIpc) is 2.45. The van der Waals surface area contributed by atoms with Crippen LogP contribution < -0.4 is 10.6 Å². The minimum atomic E-state index is -0.0881. The van der Waals surface area contributed by atoms with E-state index in [0.717, 1.165) is 16.9 Å². The second kappa shape index (κ2) is 5.95. The third-order valence-corrected chi connectivity index (χ3v) is 3.43. The zero-order chi connectivity index (χ0) is 15.6. The molecule has 0 unspecified atom stereocenters. The average molecular weight is 283 g/mol. The first-order chi connectivity index (χ1) is 9.88. The van der Waals surface area contributed by atoms with Crippen LogP contribution in [0.2, 0.25) is 0 Å². The Labute approximate surface area is 125 Å². The van der Waals surface area contributed by atoms with Gasteiger partial charge in [0.15, 0.2) is 0 Å². The summed E-state index contributed by atoms with van der Waals surface area (Å²) in [5.74, 6) is 0.515. The summed E-state index contributed by atoms with van der Waals surface area (Å²) in [6.07, 6.45) is 0. The molecule has 0 saturated carbocycles. The van der Waals surface area contributed by atoms with Gasteiger partial charge >= 0.3 is 0 Å².